The molecule has 0 saturated carbocycles. The first kappa shape index (κ1) is 18.4. The number of anilines is 1. The number of amides is 2. The van der Waals surface area contributed by atoms with Crippen molar-refractivity contribution in [1.82, 2.24) is 15.0 Å². The van der Waals surface area contributed by atoms with Crippen molar-refractivity contribution < 1.29 is 13.7 Å². The van der Waals surface area contributed by atoms with Crippen LogP contribution >= 0.6 is 11.6 Å². The molecule has 6 nitrogen and oxygen atoms in total. The molecule has 1 aliphatic rings. The zero-order chi connectivity index (χ0) is 19.5. The number of halogens is 2. The second-order valence-corrected chi connectivity index (χ2v) is 7.07. The third kappa shape index (κ3) is 3.99. The fraction of sp³-hybridized carbons (Fsp3) is 0.250. The summed E-state index contributed by atoms with van der Waals surface area (Å²) in [7, 11) is 0. The van der Waals surface area contributed by atoms with Crippen LogP contribution in [0.15, 0.2) is 53.1 Å². The van der Waals surface area contributed by atoms with E-state index < -0.39 is 0 Å². The van der Waals surface area contributed by atoms with Gasteiger partial charge in [-0.1, -0.05) is 28.9 Å². The Morgan fingerprint density at radius 2 is 2.00 bits per heavy atom. The Kier molecular flexibility index (Phi) is 5.25. The van der Waals surface area contributed by atoms with Gasteiger partial charge < -0.3 is 14.7 Å². The monoisotopic (exact) mass is 400 g/mol. The number of urea groups is 1. The van der Waals surface area contributed by atoms with E-state index in [1.54, 1.807) is 29.2 Å². The van der Waals surface area contributed by atoms with Gasteiger partial charge in [0.25, 0.3) is 0 Å². The number of para-hydroxylation sites is 1. The minimum Gasteiger partial charge on any atom is -0.339 e. The van der Waals surface area contributed by atoms with E-state index >= 15 is 0 Å². The van der Waals surface area contributed by atoms with Crippen LogP contribution in [0.4, 0.5) is 14.9 Å². The number of nitrogens with zero attached hydrogens (tertiary/aromatic N) is 3. The second kappa shape index (κ2) is 7.98. The molecule has 1 aromatic heterocycles. The summed E-state index contributed by atoms with van der Waals surface area (Å²) in [6.45, 7) is 1.12. The smallest absolute Gasteiger partial charge is 0.321 e. The fourth-order valence-electron chi connectivity index (χ4n) is 3.24. The molecule has 1 saturated heterocycles. The van der Waals surface area contributed by atoms with Gasteiger partial charge in [-0.25, -0.2) is 9.18 Å². The standard InChI is InChI=1S/C20H18ClFN4O2/c21-16-5-1-2-6-17(16)23-20(27)26-11-3-4-14(12-26)19-24-18(25-28-19)13-7-9-15(22)10-8-13/h1-2,5-10,14H,3-4,11-12H2,(H,23,27)/t14-/m1/s1. The fourth-order valence-corrected chi connectivity index (χ4v) is 3.42. The summed E-state index contributed by atoms with van der Waals surface area (Å²) in [6.07, 6.45) is 1.68. The molecule has 8 heteroatoms. The van der Waals surface area contributed by atoms with E-state index in [0.29, 0.717) is 41.1 Å². The van der Waals surface area contributed by atoms with E-state index in [1.807, 2.05) is 12.1 Å². The van der Waals surface area contributed by atoms with E-state index in [-0.39, 0.29) is 17.8 Å². The van der Waals surface area contributed by atoms with Crippen molar-refractivity contribution in [3.8, 4) is 11.4 Å². The van der Waals surface area contributed by atoms with Crippen LogP contribution in [0.3, 0.4) is 0 Å². The topological polar surface area (TPSA) is 71.3 Å². The molecule has 2 amide bonds. The molecule has 144 valence electrons. The van der Waals surface area contributed by atoms with Crippen molar-refractivity contribution >= 4 is 23.3 Å². The molecule has 1 N–H and O–H groups in total. The van der Waals surface area contributed by atoms with Crippen molar-refractivity contribution in [2.45, 2.75) is 18.8 Å². The van der Waals surface area contributed by atoms with Crippen molar-refractivity contribution in [2.24, 2.45) is 0 Å². The highest BCUT2D eigenvalue weighted by Crippen LogP contribution is 2.28. The van der Waals surface area contributed by atoms with Crippen molar-refractivity contribution in [2.75, 3.05) is 18.4 Å². The molecule has 2 aromatic carbocycles. The van der Waals surface area contributed by atoms with Crippen LogP contribution < -0.4 is 5.32 Å². The van der Waals surface area contributed by atoms with Gasteiger partial charge in [0, 0.05) is 18.7 Å². The van der Waals surface area contributed by atoms with Crippen molar-refractivity contribution in [1.29, 1.82) is 0 Å². The minimum atomic E-state index is -0.320. The molecular weight excluding hydrogens is 383 g/mol. The number of hydrogen-bond donors (Lipinski definition) is 1. The van der Waals surface area contributed by atoms with Crippen LogP contribution in [0.5, 0.6) is 0 Å². The van der Waals surface area contributed by atoms with Crippen LogP contribution in [-0.4, -0.2) is 34.2 Å². The molecule has 1 atom stereocenters. The molecule has 0 bridgehead atoms. The molecule has 28 heavy (non-hydrogen) atoms. The average Bonchev–Trinajstić information content (AvgIpc) is 3.21. The predicted octanol–water partition coefficient (Wildman–Crippen LogP) is 4.94. The molecule has 1 fully saturated rings. The lowest BCUT2D eigenvalue weighted by Crippen LogP contribution is -2.41. The van der Waals surface area contributed by atoms with Gasteiger partial charge in [0.1, 0.15) is 5.82 Å². The molecular formula is C20H18ClFN4O2. The Morgan fingerprint density at radius 1 is 1.21 bits per heavy atom. The summed E-state index contributed by atoms with van der Waals surface area (Å²) >= 11 is 6.11. The highest BCUT2D eigenvalue weighted by molar-refractivity contribution is 6.33. The number of carbonyl (C=O) groups is 1. The average molecular weight is 401 g/mol. The number of piperidine rings is 1. The van der Waals surface area contributed by atoms with E-state index in [1.165, 1.54) is 12.1 Å². The number of nitrogens with one attached hydrogen (secondary N) is 1. The number of hydrogen-bond acceptors (Lipinski definition) is 4. The lowest BCUT2D eigenvalue weighted by molar-refractivity contribution is 0.184. The Bertz CT molecular complexity index is 976. The summed E-state index contributed by atoms with van der Waals surface area (Å²) in [4.78, 5) is 18.8. The number of carbonyl (C=O) groups excluding carboxylic acids is 1. The first-order valence-electron chi connectivity index (χ1n) is 9.00. The second-order valence-electron chi connectivity index (χ2n) is 6.66. The van der Waals surface area contributed by atoms with Gasteiger partial charge in [-0.3, -0.25) is 0 Å². The zero-order valence-electron chi connectivity index (χ0n) is 14.9. The first-order valence-corrected chi connectivity index (χ1v) is 9.38. The predicted molar refractivity (Wildman–Crippen MR) is 104 cm³/mol. The third-order valence-electron chi connectivity index (χ3n) is 4.72. The molecule has 0 aliphatic carbocycles. The van der Waals surface area contributed by atoms with Gasteiger partial charge in [0.05, 0.1) is 16.6 Å². The highest BCUT2D eigenvalue weighted by Gasteiger charge is 2.29. The Hall–Kier alpha value is -2.93. The Balaban J connectivity index is 1.44. The van der Waals surface area contributed by atoms with E-state index in [2.05, 4.69) is 15.5 Å². The van der Waals surface area contributed by atoms with Gasteiger partial charge in [-0.2, -0.15) is 4.98 Å². The summed E-state index contributed by atoms with van der Waals surface area (Å²) < 4.78 is 18.5. The Labute approximate surface area is 166 Å². The molecule has 2 heterocycles. The normalized spacial score (nSPS) is 16.8. The Morgan fingerprint density at radius 3 is 2.79 bits per heavy atom. The largest absolute Gasteiger partial charge is 0.339 e. The minimum absolute atomic E-state index is 0.0487. The maximum Gasteiger partial charge on any atom is 0.321 e. The molecule has 1 aliphatic heterocycles. The maximum absolute atomic E-state index is 13.1. The molecule has 4 rings (SSSR count). The first-order chi connectivity index (χ1) is 13.6. The van der Waals surface area contributed by atoms with Gasteiger partial charge in [-0.05, 0) is 49.2 Å². The SMILES string of the molecule is O=C(Nc1ccccc1Cl)N1CCC[C@@H](c2nc(-c3ccc(F)cc3)no2)C1. The number of aromatic nitrogens is 2. The quantitative estimate of drug-likeness (QED) is 0.675. The van der Waals surface area contributed by atoms with Gasteiger partial charge in [0.2, 0.25) is 11.7 Å². The van der Waals surface area contributed by atoms with E-state index in [9.17, 15) is 9.18 Å². The molecule has 3 aromatic rings. The van der Waals surface area contributed by atoms with Crippen LogP contribution in [0.1, 0.15) is 24.7 Å². The van der Waals surface area contributed by atoms with E-state index in [4.69, 9.17) is 16.1 Å². The lowest BCUT2D eigenvalue weighted by Gasteiger charge is -2.31. The van der Waals surface area contributed by atoms with Gasteiger partial charge in [0.15, 0.2) is 0 Å². The summed E-state index contributed by atoms with van der Waals surface area (Å²) in [5.74, 6) is 0.523. The highest BCUT2D eigenvalue weighted by atomic mass is 35.5. The number of benzene rings is 2. The molecule has 0 unspecified atom stereocenters. The summed E-state index contributed by atoms with van der Waals surface area (Å²) in [5, 5.41) is 7.33. The third-order valence-corrected chi connectivity index (χ3v) is 5.05. The molecule has 0 spiro atoms. The number of likely N-dealkylation sites (tertiary alicyclic amines) is 1. The van der Waals surface area contributed by atoms with Crippen molar-refractivity contribution in [3.63, 3.8) is 0 Å². The number of rotatable bonds is 3. The van der Waals surface area contributed by atoms with Gasteiger partial charge >= 0.3 is 6.03 Å². The molecule has 0 radical (unpaired) electrons. The van der Waals surface area contributed by atoms with E-state index in [0.717, 1.165) is 12.8 Å². The zero-order valence-corrected chi connectivity index (χ0v) is 15.7. The van der Waals surface area contributed by atoms with Crippen molar-refractivity contribution in [3.05, 3.63) is 65.3 Å². The van der Waals surface area contributed by atoms with Crippen LogP contribution in [0.2, 0.25) is 5.02 Å². The maximum atomic E-state index is 13.1. The summed E-state index contributed by atoms with van der Waals surface area (Å²) in [5.41, 5.74) is 1.26. The van der Waals surface area contributed by atoms with Gasteiger partial charge in [-0.15, -0.1) is 0 Å². The van der Waals surface area contributed by atoms with Crippen LogP contribution in [0.25, 0.3) is 11.4 Å². The van der Waals surface area contributed by atoms with Crippen LogP contribution in [0, 0.1) is 5.82 Å². The lowest BCUT2D eigenvalue weighted by atomic mass is 9.98. The van der Waals surface area contributed by atoms with Crippen LogP contribution in [-0.2, 0) is 0 Å². The summed E-state index contributed by atoms with van der Waals surface area (Å²) in [6, 6.07) is 12.8.